The summed E-state index contributed by atoms with van der Waals surface area (Å²) in [5, 5.41) is 6.48. The Morgan fingerprint density at radius 1 is 1.15 bits per heavy atom. The average molecular weight is 573 g/mol. The number of hydrogen-bond acceptors (Lipinski definition) is 8. The van der Waals surface area contributed by atoms with Crippen molar-refractivity contribution in [2.45, 2.75) is 38.2 Å². The fourth-order valence-corrected chi connectivity index (χ4v) is 5.15. The molecule has 0 aliphatic carbocycles. The summed E-state index contributed by atoms with van der Waals surface area (Å²) >= 11 is 0. The van der Waals surface area contributed by atoms with Gasteiger partial charge >= 0.3 is 0 Å². The van der Waals surface area contributed by atoms with Crippen molar-refractivity contribution in [1.29, 1.82) is 0 Å². The zero-order valence-electron chi connectivity index (χ0n) is 20.6. The number of nitrogens with zero attached hydrogens (tertiary/aromatic N) is 3. The van der Waals surface area contributed by atoms with Gasteiger partial charge in [-0.25, -0.2) is 40.9 Å². The van der Waals surface area contributed by atoms with Crippen LogP contribution in [-0.2, 0) is 10.0 Å². The van der Waals surface area contributed by atoms with Gasteiger partial charge in [-0.3, -0.25) is 4.72 Å². The molecule has 1 aliphatic heterocycles. The molecule has 1 aromatic carbocycles. The van der Waals surface area contributed by atoms with E-state index in [-0.39, 0.29) is 17.5 Å². The van der Waals surface area contributed by atoms with E-state index in [4.69, 9.17) is 4.74 Å². The standard InChI is InChI=1S/C24H25F5N6O3S/c1-2-24(28,29)13-39(36,37)35-21-16(25)11-18(19(26)20(21)27)38-22-15(6-4-9-31-22)17-7-10-32-23(34-17)33-14-5-3-8-30-12-14/h4,6-7,9-11,14,30,35H,2-3,5,8,12-13H2,1H3,(H,32,33,34). The zero-order valence-corrected chi connectivity index (χ0v) is 21.5. The molecule has 1 saturated heterocycles. The first-order valence-electron chi connectivity index (χ1n) is 12.0. The molecule has 15 heteroatoms. The van der Waals surface area contributed by atoms with Crippen LogP contribution in [0.5, 0.6) is 11.6 Å². The predicted octanol–water partition coefficient (Wildman–Crippen LogP) is 4.70. The molecule has 1 unspecified atom stereocenters. The first-order chi connectivity index (χ1) is 18.5. The number of pyridine rings is 1. The van der Waals surface area contributed by atoms with Gasteiger partial charge in [-0.15, -0.1) is 0 Å². The number of rotatable bonds is 10. The lowest BCUT2D eigenvalue weighted by molar-refractivity contribution is 0.0219. The van der Waals surface area contributed by atoms with Gasteiger partial charge in [0.1, 0.15) is 11.4 Å². The summed E-state index contributed by atoms with van der Waals surface area (Å²) in [6, 6.07) is 5.12. The molecule has 3 N–H and O–H groups in total. The lowest BCUT2D eigenvalue weighted by Gasteiger charge is -2.23. The topological polar surface area (TPSA) is 118 Å². The van der Waals surface area contributed by atoms with Crippen LogP contribution in [-0.4, -0.2) is 54.2 Å². The van der Waals surface area contributed by atoms with Crippen LogP contribution < -0.4 is 20.1 Å². The number of aromatic nitrogens is 3. The van der Waals surface area contributed by atoms with E-state index in [0.29, 0.717) is 17.7 Å². The van der Waals surface area contributed by atoms with Crippen LogP contribution in [0.4, 0.5) is 33.6 Å². The molecule has 210 valence electrons. The lowest BCUT2D eigenvalue weighted by atomic mass is 10.1. The second kappa shape index (κ2) is 11.7. The van der Waals surface area contributed by atoms with Crippen LogP contribution in [0.1, 0.15) is 26.2 Å². The van der Waals surface area contributed by atoms with E-state index < -0.39 is 57.0 Å². The van der Waals surface area contributed by atoms with E-state index in [1.807, 2.05) is 0 Å². The van der Waals surface area contributed by atoms with E-state index in [1.54, 1.807) is 6.07 Å². The van der Waals surface area contributed by atoms with Gasteiger partial charge in [0.15, 0.2) is 17.4 Å². The van der Waals surface area contributed by atoms with Crippen LogP contribution >= 0.6 is 0 Å². The normalized spacial score (nSPS) is 16.1. The molecule has 0 radical (unpaired) electrons. The van der Waals surface area contributed by atoms with Gasteiger partial charge in [0.25, 0.3) is 5.92 Å². The largest absolute Gasteiger partial charge is 0.435 e. The maximum atomic E-state index is 14.8. The first kappa shape index (κ1) is 28.4. The van der Waals surface area contributed by atoms with Crippen LogP contribution in [0, 0.1) is 17.5 Å². The quantitative estimate of drug-likeness (QED) is 0.237. The smallest absolute Gasteiger partial charge is 0.263 e. The van der Waals surface area contributed by atoms with Crippen LogP contribution in [0.3, 0.4) is 0 Å². The summed E-state index contributed by atoms with van der Waals surface area (Å²) in [4.78, 5) is 12.6. The SMILES string of the molecule is CCC(F)(F)CS(=O)(=O)Nc1c(F)cc(Oc2ncccc2-c2ccnc(NC3CCCNC3)n2)c(F)c1F. The van der Waals surface area contributed by atoms with Crippen molar-refractivity contribution in [1.82, 2.24) is 20.3 Å². The summed E-state index contributed by atoms with van der Waals surface area (Å²) in [5.74, 6) is -11.6. The van der Waals surface area contributed by atoms with E-state index in [9.17, 15) is 30.4 Å². The molecule has 2 aromatic heterocycles. The number of piperidine rings is 1. The van der Waals surface area contributed by atoms with Crippen LogP contribution in [0.2, 0.25) is 0 Å². The van der Waals surface area contributed by atoms with E-state index in [0.717, 1.165) is 32.9 Å². The highest BCUT2D eigenvalue weighted by Crippen LogP contribution is 2.36. The van der Waals surface area contributed by atoms with Gasteiger partial charge < -0.3 is 15.4 Å². The Balaban J connectivity index is 1.59. The van der Waals surface area contributed by atoms with Gasteiger partial charge in [-0.05, 0) is 37.6 Å². The number of halogens is 5. The summed E-state index contributed by atoms with van der Waals surface area (Å²) in [5.41, 5.74) is -0.879. The molecular weight excluding hydrogens is 547 g/mol. The molecule has 39 heavy (non-hydrogen) atoms. The van der Waals surface area contributed by atoms with Crippen LogP contribution in [0.15, 0.2) is 36.7 Å². The van der Waals surface area contributed by atoms with E-state index in [1.165, 1.54) is 29.2 Å². The predicted molar refractivity (Wildman–Crippen MR) is 134 cm³/mol. The highest BCUT2D eigenvalue weighted by atomic mass is 32.2. The first-order valence-corrected chi connectivity index (χ1v) is 13.6. The number of anilines is 2. The van der Waals surface area contributed by atoms with Gasteiger partial charge in [0.05, 0.1) is 11.3 Å². The molecule has 0 spiro atoms. The Morgan fingerprint density at radius 2 is 1.95 bits per heavy atom. The molecule has 0 bridgehead atoms. The zero-order chi connectivity index (χ0) is 28.2. The van der Waals surface area contributed by atoms with Crippen molar-refractivity contribution >= 4 is 21.7 Å². The summed E-state index contributed by atoms with van der Waals surface area (Å²) in [6.45, 7) is 2.70. The number of hydrogen-bond donors (Lipinski definition) is 3. The minimum Gasteiger partial charge on any atom is -0.435 e. The Kier molecular flexibility index (Phi) is 8.49. The number of ether oxygens (including phenoxy) is 1. The second-order valence-electron chi connectivity index (χ2n) is 8.84. The maximum absolute atomic E-state index is 14.8. The number of nitrogens with one attached hydrogen (secondary N) is 3. The van der Waals surface area contributed by atoms with Crippen molar-refractivity contribution in [2.24, 2.45) is 0 Å². The monoisotopic (exact) mass is 572 g/mol. The van der Waals surface area contributed by atoms with E-state index >= 15 is 0 Å². The van der Waals surface area contributed by atoms with Crippen LogP contribution in [0.25, 0.3) is 11.3 Å². The molecular formula is C24H25F5N6O3S. The van der Waals surface area contributed by atoms with Gasteiger partial charge in [-0.2, -0.15) is 4.39 Å². The van der Waals surface area contributed by atoms with Crippen molar-refractivity contribution in [3.63, 3.8) is 0 Å². The highest BCUT2D eigenvalue weighted by molar-refractivity contribution is 7.92. The minimum absolute atomic E-state index is 0.114. The highest BCUT2D eigenvalue weighted by Gasteiger charge is 2.35. The van der Waals surface area contributed by atoms with Gasteiger partial charge in [0, 0.05) is 37.5 Å². The Labute approximate surface area is 221 Å². The fraction of sp³-hybridized carbons (Fsp3) is 0.375. The van der Waals surface area contributed by atoms with Gasteiger partial charge in [-0.1, -0.05) is 6.92 Å². The van der Waals surface area contributed by atoms with Crippen molar-refractivity contribution in [3.8, 4) is 22.9 Å². The minimum atomic E-state index is -4.92. The molecule has 0 amide bonds. The Bertz CT molecular complexity index is 1440. The molecule has 0 saturated carbocycles. The molecule has 3 heterocycles. The molecule has 4 rings (SSSR count). The van der Waals surface area contributed by atoms with Gasteiger partial charge in [0.2, 0.25) is 27.7 Å². The Hall–Kier alpha value is -3.59. The third kappa shape index (κ3) is 7.09. The second-order valence-corrected chi connectivity index (χ2v) is 10.6. The summed E-state index contributed by atoms with van der Waals surface area (Å²) < 4.78 is 102. The third-order valence-electron chi connectivity index (χ3n) is 5.84. The molecule has 3 aromatic rings. The maximum Gasteiger partial charge on any atom is 0.263 e. The number of sulfonamides is 1. The molecule has 1 atom stereocenters. The van der Waals surface area contributed by atoms with Crippen molar-refractivity contribution in [2.75, 3.05) is 28.9 Å². The third-order valence-corrected chi connectivity index (χ3v) is 7.16. The van der Waals surface area contributed by atoms with Crippen molar-refractivity contribution in [3.05, 3.63) is 54.1 Å². The number of benzene rings is 1. The van der Waals surface area contributed by atoms with E-state index in [2.05, 4.69) is 25.6 Å². The lowest BCUT2D eigenvalue weighted by Crippen LogP contribution is -2.38. The molecule has 1 aliphatic rings. The fourth-order valence-electron chi connectivity index (χ4n) is 3.82. The van der Waals surface area contributed by atoms with Crippen molar-refractivity contribution < 1.29 is 35.1 Å². The number of alkyl halides is 2. The molecule has 1 fully saturated rings. The summed E-state index contributed by atoms with van der Waals surface area (Å²) in [7, 11) is -4.92. The summed E-state index contributed by atoms with van der Waals surface area (Å²) in [6.07, 6.45) is 3.87. The molecule has 9 nitrogen and oxygen atoms in total. The Morgan fingerprint density at radius 3 is 2.67 bits per heavy atom. The average Bonchev–Trinajstić information content (AvgIpc) is 2.90.